The van der Waals surface area contributed by atoms with Crippen molar-refractivity contribution in [2.24, 2.45) is 5.92 Å². The molecule has 1 atom stereocenters. The van der Waals surface area contributed by atoms with Crippen molar-refractivity contribution in [1.82, 2.24) is 9.97 Å². The molecule has 2 aromatic rings. The van der Waals surface area contributed by atoms with Gasteiger partial charge in [0.25, 0.3) is 0 Å². The zero-order valence-electron chi connectivity index (χ0n) is 21.7. The van der Waals surface area contributed by atoms with Crippen LogP contribution < -0.4 is 0 Å². The van der Waals surface area contributed by atoms with Gasteiger partial charge in [0.1, 0.15) is 0 Å². The maximum atomic E-state index is 11.2. The van der Waals surface area contributed by atoms with Gasteiger partial charge >= 0.3 is 5.97 Å². The van der Waals surface area contributed by atoms with Crippen molar-refractivity contribution in [2.45, 2.75) is 122 Å². The molecule has 0 saturated heterocycles. The molecule has 0 bridgehead atoms. The van der Waals surface area contributed by atoms with E-state index in [1.54, 1.807) is 18.7 Å². The Hall–Kier alpha value is -2.10. The molecule has 0 aliphatic carbocycles. The van der Waals surface area contributed by atoms with Crippen molar-refractivity contribution in [3.8, 4) is 0 Å². The van der Waals surface area contributed by atoms with E-state index in [0.29, 0.717) is 12.3 Å². The minimum Gasteiger partial charge on any atom is -0.481 e. The highest BCUT2D eigenvalue weighted by Gasteiger charge is 2.13. The molecule has 34 heavy (non-hydrogen) atoms. The fourth-order valence-corrected chi connectivity index (χ4v) is 4.50. The third-order valence-electron chi connectivity index (χ3n) is 6.51. The summed E-state index contributed by atoms with van der Waals surface area (Å²) in [6, 6.07) is 10.5. The second-order valence-electron chi connectivity index (χ2n) is 9.63. The quantitative estimate of drug-likeness (QED) is 0.190. The number of hydrogen-bond acceptors (Lipinski definition) is 2. The molecule has 1 unspecified atom stereocenters. The average Bonchev–Trinajstić information content (AvgIpc) is 3.43. The Morgan fingerprint density at radius 2 is 1.38 bits per heavy atom. The molecule has 2 rings (SSSR count). The molecule has 0 radical (unpaired) electrons. The Bertz CT molecular complexity index is 640. The zero-order chi connectivity index (χ0) is 24.5. The van der Waals surface area contributed by atoms with E-state index in [2.05, 4.69) is 41.2 Å². The highest BCUT2D eigenvalue weighted by Crippen LogP contribution is 2.22. The molecule has 2 N–H and O–H groups in total. The van der Waals surface area contributed by atoms with E-state index in [1.165, 1.54) is 89.0 Å². The van der Waals surface area contributed by atoms with Crippen molar-refractivity contribution in [2.75, 3.05) is 0 Å². The fraction of sp³-hybridized carbons (Fsp3) is 0.667. The maximum Gasteiger partial charge on any atom is 0.303 e. The van der Waals surface area contributed by atoms with Crippen LogP contribution in [0.5, 0.6) is 0 Å². The third-order valence-corrected chi connectivity index (χ3v) is 6.51. The van der Waals surface area contributed by atoms with Crippen LogP contribution in [0.4, 0.5) is 0 Å². The van der Waals surface area contributed by atoms with Crippen LogP contribution in [0.15, 0.2) is 49.1 Å². The fourth-order valence-electron chi connectivity index (χ4n) is 4.50. The van der Waals surface area contributed by atoms with Crippen molar-refractivity contribution in [3.63, 3.8) is 0 Å². The molecule has 0 aliphatic heterocycles. The van der Waals surface area contributed by atoms with Crippen LogP contribution in [0.1, 0.15) is 122 Å². The first-order valence-corrected chi connectivity index (χ1v) is 13.9. The van der Waals surface area contributed by atoms with E-state index in [9.17, 15) is 9.90 Å². The Labute approximate surface area is 209 Å². The van der Waals surface area contributed by atoms with Crippen LogP contribution in [-0.4, -0.2) is 21.0 Å². The van der Waals surface area contributed by atoms with Crippen molar-refractivity contribution >= 4 is 5.97 Å². The molecule has 0 saturated carbocycles. The first kappa shape index (κ1) is 29.9. The lowest BCUT2D eigenvalue weighted by atomic mass is 9.91. The molecule has 0 fully saturated rings. The van der Waals surface area contributed by atoms with Gasteiger partial charge in [-0.05, 0) is 37.2 Å². The number of carbonyl (C=O) groups is 1. The summed E-state index contributed by atoms with van der Waals surface area (Å²) < 4.78 is 0. The SMILES string of the molecule is CCCCCCCCCCCCCCCC(CCCc1ccccc1)CC(=O)O.c1c[nH]cn1. The summed E-state index contributed by atoms with van der Waals surface area (Å²) in [4.78, 5) is 17.6. The maximum absolute atomic E-state index is 11.2. The number of aliphatic carboxylic acids is 1. The number of nitrogens with one attached hydrogen (secondary N) is 1. The number of unbranched alkanes of at least 4 members (excludes halogenated alkanes) is 12. The van der Waals surface area contributed by atoms with E-state index in [4.69, 9.17) is 0 Å². The molecule has 1 aromatic carbocycles. The normalized spacial score (nSPS) is 11.6. The largest absolute Gasteiger partial charge is 0.481 e. The number of benzene rings is 1. The van der Waals surface area contributed by atoms with Crippen LogP contribution in [0.3, 0.4) is 0 Å². The molecule has 1 aromatic heterocycles. The van der Waals surface area contributed by atoms with Gasteiger partial charge in [-0.15, -0.1) is 0 Å². The van der Waals surface area contributed by atoms with Gasteiger partial charge in [-0.2, -0.15) is 0 Å². The molecular weight excluding hydrogens is 420 g/mol. The van der Waals surface area contributed by atoms with Gasteiger partial charge in [-0.1, -0.05) is 121 Å². The summed E-state index contributed by atoms with van der Waals surface area (Å²) >= 11 is 0. The van der Waals surface area contributed by atoms with E-state index >= 15 is 0 Å². The Morgan fingerprint density at radius 1 is 0.824 bits per heavy atom. The number of imidazole rings is 1. The number of aryl methyl sites for hydroxylation is 1. The van der Waals surface area contributed by atoms with Crippen molar-refractivity contribution < 1.29 is 9.90 Å². The first-order valence-electron chi connectivity index (χ1n) is 13.9. The molecule has 1 heterocycles. The van der Waals surface area contributed by atoms with Crippen molar-refractivity contribution in [3.05, 3.63) is 54.6 Å². The lowest BCUT2D eigenvalue weighted by Crippen LogP contribution is -2.08. The number of aromatic nitrogens is 2. The van der Waals surface area contributed by atoms with E-state index in [-0.39, 0.29) is 0 Å². The summed E-state index contributed by atoms with van der Waals surface area (Å²) in [6.45, 7) is 2.28. The highest BCUT2D eigenvalue weighted by molar-refractivity contribution is 5.66. The van der Waals surface area contributed by atoms with Gasteiger partial charge in [-0.3, -0.25) is 4.79 Å². The summed E-state index contributed by atoms with van der Waals surface area (Å²) in [5.41, 5.74) is 1.36. The molecule has 4 heteroatoms. The number of nitrogens with zero attached hydrogens (tertiary/aromatic N) is 1. The smallest absolute Gasteiger partial charge is 0.303 e. The minimum absolute atomic E-state index is 0.340. The topological polar surface area (TPSA) is 66.0 Å². The Kier molecular flexibility index (Phi) is 20.0. The van der Waals surface area contributed by atoms with Crippen LogP contribution in [-0.2, 0) is 11.2 Å². The van der Waals surface area contributed by atoms with Gasteiger partial charge in [0.15, 0.2) is 0 Å². The summed E-state index contributed by atoms with van der Waals surface area (Å²) in [6.07, 6.45) is 27.5. The van der Waals surface area contributed by atoms with Crippen molar-refractivity contribution in [1.29, 1.82) is 0 Å². The number of H-pyrrole nitrogens is 1. The first-order chi connectivity index (χ1) is 16.7. The lowest BCUT2D eigenvalue weighted by molar-refractivity contribution is -0.138. The lowest BCUT2D eigenvalue weighted by Gasteiger charge is -2.14. The van der Waals surface area contributed by atoms with Gasteiger partial charge < -0.3 is 10.1 Å². The van der Waals surface area contributed by atoms with Gasteiger partial charge in [0.2, 0.25) is 0 Å². The molecule has 0 spiro atoms. The van der Waals surface area contributed by atoms with Gasteiger partial charge in [-0.25, -0.2) is 4.98 Å². The standard InChI is InChI=1S/C27H46O2.C3H4N2/c1-2-3-4-5-6-7-8-9-10-11-12-13-15-21-26(24-27(28)29)23-18-22-25-19-16-14-17-20-25;1-2-5-3-4-1/h14,16-17,19-20,26H,2-13,15,18,21-24H2,1H3,(H,28,29);1-3H,(H,4,5). The molecule has 0 amide bonds. The number of carboxylic acids is 1. The van der Waals surface area contributed by atoms with Gasteiger partial charge in [0.05, 0.1) is 6.33 Å². The Balaban J connectivity index is 0.00000102. The van der Waals surface area contributed by atoms with Crippen LogP contribution in [0.25, 0.3) is 0 Å². The van der Waals surface area contributed by atoms with Crippen LogP contribution in [0, 0.1) is 5.92 Å². The summed E-state index contributed by atoms with van der Waals surface area (Å²) in [7, 11) is 0. The van der Waals surface area contributed by atoms with Crippen LogP contribution in [0.2, 0.25) is 0 Å². The van der Waals surface area contributed by atoms with E-state index < -0.39 is 5.97 Å². The van der Waals surface area contributed by atoms with Crippen LogP contribution >= 0.6 is 0 Å². The van der Waals surface area contributed by atoms with E-state index in [1.807, 2.05) is 6.07 Å². The predicted molar refractivity (Wildman–Crippen MR) is 144 cm³/mol. The number of hydrogen-bond donors (Lipinski definition) is 2. The minimum atomic E-state index is -0.635. The monoisotopic (exact) mass is 470 g/mol. The summed E-state index contributed by atoms with van der Waals surface area (Å²) in [5.74, 6) is -0.284. The molecule has 0 aliphatic rings. The van der Waals surface area contributed by atoms with Gasteiger partial charge in [0, 0.05) is 18.8 Å². The molecular formula is C30H50N2O2. The molecule has 4 nitrogen and oxygen atoms in total. The highest BCUT2D eigenvalue weighted by atomic mass is 16.4. The second-order valence-corrected chi connectivity index (χ2v) is 9.63. The second kappa shape index (κ2) is 22.7. The Morgan fingerprint density at radius 3 is 1.85 bits per heavy atom. The molecule has 192 valence electrons. The number of carboxylic acid groups (broad SMARTS) is 1. The average molecular weight is 471 g/mol. The number of rotatable bonds is 20. The van der Waals surface area contributed by atoms with E-state index in [0.717, 1.165) is 25.7 Å². The zero-order valence-corrected chi connectivity index (χ0v) is 21.7. The number of aromatic amines is 1. The summed E-state index contributed by atoms with van der Waals surface area (Å²) in [5, 5.41) is 9.20. The predicted octanol–water partition coefficient (Wildman–Crippen LogP) is 8.99. The third kappa shape index (κ3) is 19.4.